The second-order valence-corrected chi connectivity index (χ2v) is 10.4. The van der Waals surface area contributed by atoms with E-state index >= 15 is 0 Å². The molecule has 2 bridgehead atoms. The number of likely N-dealkylation sites (tertiary alicyclic amines) is 1. The largest absolute Gasteiger partial charge is 0.455 e. The van der Waals surface area contributed by atoms with Crippen LogP contribution in [0.2, 0.25) is 0 Å². The van der Waals surface area contributed by atoms with E-state index in [2.05, 4.69) is 4.90 Å². The van der Waals surface area contributed by atoms with Crippen molar-refractivity contribution in [2.45, 2.75) is 44.2 Å². The Hall–Kier alpha value is -2.64. The lowest BCUT2D eigenvalue weighted by molar-refractivity contribution is -0.938. The maximum atomic E-state index is 13.7. The number of quaternary nitrogens is 1. The Bertz CT molecular complexity index is 1060. The highest BCUT2D eigenvalue weighted by atomic mass is 19.2. The first-order valence-corrected chi connectivity index (χ1v) is 12.8. The van der Waals surface area contributed by atoms with Crippen LogP contribution in [0.1, 0.15) is 54.1 Å². The van der Waals surface area contributed by atoms with E-state index in [-0.39, 0.29) is 30.0 Å². The topological polar surface area (TPSA) is 46.6 Å². The fourth-order valence-corrected chi connectivity index (χ4v) is 6.16. The molecule has 186 valence electrons. The smallest absolute Gasteiger partial charge is 0.328 e. The molecule has 7 heteroatoms. The number of fused-ring (bicyclic) bond motifs is 3. The van der Waals surface area contributed by atoms with Crippen LogP contribution in [0, 0.1) is 17.6 Å². The third-order valence-electron chi connectivity index (χ3n) is 8.12. The number of piperidine rings is 4. The van der Waals surface area contributed by atoms with Gasteiger partial charge in [0.2, 0.25) is 5.78 Å². The Labute approximate surface area is 205 Å². The third kappa shape index (κ3) is 5.16. The minimum absolute atomic E-state index is 0.187. The zero-order chi connectivity index (χ0) is 24.4. The highest BCUT2D eigenvalue weighted by molar-refractivity contribution is 5.97. The van der Waals surface area contributed by atoms with Crippen LogP contribution >= 0.6 is 0 Å². The van der Waals surface area contributed by atoms with Gasteiger partial charge in [-0.05, 0) is 49.7 Å². The summed E-state index contributed by atoms with van der Waals surface area (Å²) in [7, 11) is 0. The number of ketones is 1. The third-order valence-corrected chi connectivity index (χ3v) is 8.12. The fourth-order valence-electron chi connectivity index (χ4n) is 6.16. The van der Waals surface area contributed by atoms with Crippen molar-refractivity contribution in [3.05, 3.63) is 71.3 Å². The van der Waals surface area contributed by atoms with Crippen molar-refractivity contribution in [3.8, 4) is 0 Å². The molecule has 4 heterocycles. The van der Waals surface area contributed by atoms with Crippen LogP contribution in [-0.4, -0.2) is 66.5 Å². The SMILES string of the molecule is O=C(C[N+]12CCC(CC1)[C@@H](OC(=O)C(c1ccccc1)N1CCCCC1)C2)c1ccc(F)c(F)c1. The number of benzene rings is 2. The summed E-state index contributed by atoms with van der Waals surface area (Å²) in [5.41, 5.74) is 1.14. The Balaban J connectivity index is 1.30. The Kier molecular flexibility index (Phi) is 6.98. The van der Waals surface area contributed by atoms with Crippen molar-refractivity contribution < 1.29 is 27.6 Å². The first kappa shape index (κ1) is 24.1. The number of carbonyl (C=O) groups is 2. The van der Waals surface area contributed by atoms with Gasteiger partial charge < -0.3 is 9.22 Å². The minimum atomic E-state index is -1.01. The number of halogens is 2. The number of ether oxygens (including phenoxy) is 1. The molecule has 0 amide bonds. The quantitative estimate of drug-likeness (QED) is 0.330. The van der Waals surface area contributed by atoms with E-state index in [9.17, 15) is 18.4 Å². The summed E-state index contributed by atoms with van der Waals surface area (Å²) in [6, 6.07) is 12.8. The summed E-state index contributed by atoms with van der Waals surface area (Å²) in [6.07, 6.45) is 4.89. The summed E-state index contributed by atoms with van der Waals surface area (Å²) in [6.45, 7) is 4.23. The molecule has 4 saturated heterocycles. The van der Waals surface area contributed by atoms with Gasteiger partial charge in [0.05, 0.1) is 13.1 Å². The molecule has 0 aliphatic carbocycles. The molecule has 4 aliphatic rings. The predicted octanol–water partition coefficient (Wildman–Crippen LogP) is 4.53. The van der Waals surface area contributed by atoms with Crippen molar-refractivity contribution in [2.75, 3.05) is 39.3 Å². The van der Waals surface area contributed by atoms with Gasteiger partial charge in [-0.1, -0.05) is 36.8 Å². The van der Waals surface area contributed by atoms with E-state index < -0.39 is 17.7 Å². The van der Waals surface area contributed by atoms with E-state index in [1.807, 2.05) is 30.3 Å². The molecule has 2 aromatic rings. The van der Waals surface area contributed by atoms with Gasteiger partial charge in [-0.25, -0.2) is 13.6 Å². The van der Waals surface area contributed by atoms with E-state index in [1.165, 1.54) is 12.5 Å². The molecule has 6 rings (SSSR count). The summed E-state index contributed by atoms with van der Waals surface area (Å²) in [5.74, 6) is -2.08. The monoisotopic (exact) mass is 483 g/mol. The number of esters is 1. The molecule has 2 aromatic carbocycles. The zero-order valence-electron chi connectivity index (χ0n) is 20.0. The van der Waals surface area contributed by atoms with Gasteiger partial charge in [0, 0.05) is 24.3 Å². The summed E-state index contributed by atoms with van der Waals surface area (Å²) >= 11 is 0. The average Bonchev–Trinajstić information content (AvgIpc) is 2.87. The van der Waals surface area contributed by atoms with Crippen LogP contribution in [0.3, 0.4) is 0 Å². The van der Waals surface area contributed by atoms with Crippen molar-refractivity contribution in [2.24, 2.45) is 5.92 Å². The normalized spacial score (nSPS) is 27.4. The average molecular weight is 484 g/mol. The molecule has 0 aromatic heterocycles. The summed E-state index contributed by atoms with van der Waals surface area (Å²) < 4.78 is 33.8. The maximum Gasteiger partial charge on any atom is 0.328 e. The van der Waals surface area contributed by atoms with Gasteiger partial charge >= 0.3 is 5.97 Å². The molecular formula is C28H33F2N2O3+. The van der Waals surface area contributed by atoms with Crippen LogP contribution < -0.4 is 0 Å². The molecule has 0 spiro atoms. The molecule has 1 unspecified atom stereocenters. The molecule has 4 aliphatic heterocycles. The highest BCUT2D eigenvalue weighted by Crippen LogP contribution is 2.37. The molecule has 35 heavy (non-hydrogen) atoms. The zero-order valence-corrected chi connectivity index (χ0v) is 20.0. The second-order valence-electron chi connectivity index (χ2n) is 10.4. The van der Waals surface area contributed by atoms with Crippen LogP contribution in [-0.2, 0) is 9.53 Å². The Morgan fingerprint density at radius 2 is 1.69 bits per heavy atom. The molecule has 4 fully saturated rings. The fraction of sp³-hybridized carbons (Fsp3) is 0.500. The summed E-state index contributed by atoms with van der Waals surface area (Å²) in [4.78, 5) is 28.8. The lowest BCUT2D eigenvalue weighted by atomic mass is 9.82. The van der Waals surface area contributed by atoms with Gasteiger partial charge in [0.15, 0.2) is 17.7 Å². The molecule has 0 radical (unpaired) electrons. The molecule has 0 saturated carbocycles. The lowest BCUT2D eigenvalue weighted by Gasteiger charge is -2.51. The van der Waals surface area contributed by atoms with E-state index in [0.29, 0.717) is 16.9 Å². The Morgan fingerprint density at radius 3 is 2.37 bits per heavy atom. The van der Waals surface area contributed by atoms with Crippen molar-refractivity contribution in [1.29, 1.82) is 0 Å². The van der Waals surface area contributed by atoms with E-state index in [0.717, 1.165) is 69.6 Å². The molecular weight excluding hydrogens is 450 g/mol. The number of rotatable bonds is 7. The first-order valence-electron chi connectivity index (χ1n) is 12.8. The Morgan fingerprint density at radius 1 is 0.971 bits per heavy atom. The van der Waals surface area contributed by atoms with Gasteiger partial charge in [0.25, 0.3) is 0 Å². The molecule has 0 N–H and O–H groups in total. The van der Waals surface area contributed by atoms with Gasteiger partial charge in [-0.3, -0.25) is 9.69 Å². The number of hydrogen-bond acceptors (Lipinski definition) is 4. The number of Topliss-reactive ketones (excluding diaryl/α,β-unsaturated/α-hetero) is 1. The number of carbonyl (C=O) groups excluding carboxylic acids is 2. The first-order chi connectivity index (χ1) is 16.9. The second kappa shape index (κ2) is 10.2. The van der Waals surface area contributed by atoms with Crippen molar-refractivity contribution in [1.82, 2.24) is 4.90 Å². The van der Waals surface area contributed by atoms with E-state index in [4.69, 9.17) is 4.74 Å². The highest BCUT2D eigenvalue weighted by Gasteiger charge is 2.49. The van der Waals surface area contributed by atoms with Gasteiger partial charge in [0.1, 0.15) is 19.1 Å². The van der Waals surface area contributed by atoms with Gasteiger partial charge in [-0.2, -0.15) is 0 Å². The number of hydrogen-bond donors (Lipinski definition) is 0. The van der Waals surface area contributed by atoms with Gasteiger partial charge in [-0.15, -0.1) is 0 Å². The van der Waals surface area contributed by atoms with Crippen molar-refractivity contribution >= 4 is 11.8 Å². The predicted molar refractivity (Wildman–Crippen MR) is 128 cm³/mol. The maximum absolute atomic E-state index is 13.7. The molecule has 2 atom stereocenters. The summed E-state index contributed by atoms with van der Waals surface area (Å²) in [5, 5.41) is 0. The van der Waals surface area contributed by atoms with Crippen molar-refractivity contribution in [3.63, 3.8) is 0 Å². The molecule has 5 nitrogen and oxygen atoms in total. The number of nitrogens with zero attached hydrogens (tertiary/aromatic N) is 2. The van der Waals surface area contributed by atoms with Crippen LogP contribution in [0.4, 0.5) is 8.78 Å². The van der Waals surface area contributed by atoms with Crippen LogP contribution in [0.15, 0.2) is 48.5 Å². The van der Waals surface area contributed by atoms with E-state index in [1.54, 1.807) is 0 Å². The van der Waals surface area contributed by atoms with Crippen LogP contribution in [0.25, 0.3) is 0 Å². The minimum Gasteiger partial charge on any atom is -0.455 e. The lowest BCUT2D eigenvalue weighted by Crippen LogP contribution is -2.66. The van der Waals surface area contributed by atoms with Crippen LogP contribution in [0.5, 0.6) is 0 Å². The standard InChI is InChI=1S/C28H33F2N2O3/c29-23-10-9-22(17-24(23)30)25(33)18-32-15-11-20(12-16-32)26(19-32)35-28(34)27(21-7-3-1-4-8-21)31-13-5-2-6-14-31/h1,3-4,7-10,17,20,26-27H,2,5-6,11-16,18-19H2/q+1/t20?,26-,27?,32?/m0/s1.